The van der Waals surface area contributed by atoms with Crippen LogP contribution in [-0.4, -0.2) is 24.3 Å². The smallest absolute Gasteiger partial charge is 0.238 e. The van der Waals surface area contributed by atoms with E-state index < -0.39 is 10.0 Å². The number of benzene rings is 2. The minimum absolute atomic E-state index is 0.101. The van der Waals surface area contributed by atoms with Crippen molar-refractivity contribution in [2.24, 2.45) is 5.14 Å². The first-order valence-electron chi connectivity index (χ1n) is 7.83. The molecule has 136 valence electrons. The predicted octanol–water partition coefficient (Wildman–Crippen LogP) is 2.57. The first-order valence-corrected chi connectivity index (χ1v) is 10.1. The second-order valence-electron chi connectivity index (χ2n) is 5.68. The Labute approximate surface area is 155 Å². The van der Waals surface area contributed by atoms with Crippen LogP contribution in [0.15, 0.2) is 53.4 Å². The number of halogens is 1. The minimum atomic E-state index is -3.66. The Morgan fingerprint density at radius 2 is 1.69 bits per heavy atom. The molecule has 0 spiro atoms. The molecule has 26 heavy (non-hydrogen) atoms. The Morgan fingerprint density at radius 3 is 2.35 bits per heavy atom. The second-order valence-corrected chi connectivity index (χ2v) is 8.00. The Kier molecular flexibility index (Phi) is 5.60. The predicted molar refractivity (Wildman–Crippen MR) is 99.1 cm³/mol. The lowest BCUT2D eigenvalue weighted by atomic mass is 10.1. The molecule has 0 bridgehead atoms. The number of hydrogen-bond donors (Lipinski definition) is 2. The number of primary sulfonamides is 1. The Balaban J connectivity index is 1.51. The van der Waals surface area contributed by atoms with Gasteiger partial charge in [-0.1, -0.05) is 24.3 Å². The number of anilines is 1. The van der Waals surface area contributed by atoms with Gasteiger partial charge in [-0.15, -0.1) is 0 Å². The number of nitrogens with zero attached hydrogens (tertiary/aromatic N) is 2. The fourth-order valence-corrected chi connectivity index (χ4v) is 3.47. The number of nitrogens with one attached hydrogen (secondary N) is 1. The van der Waals surface area contributed by atoms with Crippen molar-refractivity contribution in [1.82, 2.24) is 9.36 Å². The summed E-state index contributed by atoms with van der Waals surface area (Å²) in [6.07, 6.45) is 1.26. The molecule has 0 saturated heterocycles. The van der Waals surface area contributed by atoms with Crippen LogP contribution in [0.25, 0.3) is 0 Å². The summed E-state index contributed by atoms with van der Waals surface area (Å²) in [5.41, 5.74) is 1.94. The van der Waals surface area contributed by atoms with Crippen molar-refractivity contribution in [2.75, 3.05) is 11.9 Å². The molecule has 0 aliphatic rings. The highest BCUT2D eigenvalue weighted by atomic mass is 32.2. The van der Waals surface area contributed by atoms with Crippen molar-refractivity contribution < 1.29 is 12.8 Å². The number of aromatic nitrogens is 2. The van der Waals surface area contributed by atoms with E-state index in [0.29, 0.717) is 30.3 Å². The fourth-order valence-electron chi connectivity index (χ4n) is 2.34. The van der Waals surface area contributed by atoms with Crippen LogP contribution in [-0.2, 0) is 22.9 Å². The summed E-state index contributed by atoms with van der Waals surface area (Å²) >= 11 is 1.27. The second kappa shape index (κ2) is 7.90. The van der Waals surface area contributed by atoms with Gasteiger partial charge in [-0.25, -0.2) is 22.9 Å². The highest BCUT2D eigenvalue weighted by Crippen LogP contribution is 2.15. The zero-order valence-corrected chi connectivity index (χ0v) is 15.4. The SMILES string of the molecule is NS(=O)(=O)c1ccc(CCNc2nc(Cc3ccc(F)cc3)ns2)cc1. The van der Waals surface area contributed by atoms with Crippen LogP contribution in [0.5, 0.6) is 0 Å². The van der Waals surface area contributed by atoms with E-state index in [1.807, 2.05) is 0 Å². The summed E-state index contributed by atoms with van der Waals surface area (Å²) in [5, 5.41) is 8.98. The molecule has 0 unspecified atom stereocenters. The highest BCUT2D eigenvalue weighted by molar-refractivity contribution is 7.89. The van der Waals surface area contributed by atoms with Crippen molar-refractivity contribution >= 4 is 26.7 Å². The van der Waals surface area contributed by atoms with Gasteiger partial charge in [0.1, 0.15) is 11.6 Å². The maximum atomic E-state index is 12.9. The minimum Gasteiger partial charge on any atom is -0.360 e. The Bertz CT molecular complexity index is 971. The molecule has 0 aliphatic heterocycles. The van der Waals surface area contributed by atoms with Crippen molar-refractivity contribution in [3.8, 4) is 0 Å². The van der Waals surface area contributed by atoms with Gasteiger partial charge in [0.15, 0.2) is 0 Å². The van der Waals surface area contributed by atoms with E-state index >= 15 is 0 Å². The van der Waals surface area contributed by atoms with E-state index in [0.717, 1.165) is 11.1 Å². The van der Waals surface area contributed by atoms with Gasteiger partial charge in [0.25, 0.3) is 0 Å². The van der Waals surface area contributed by atoms with Crippen LogP contribution in [0.3, 0.4) is 0 Å². The molecule has 0 saturated carbocycles. The normalized spacial score (nSPS) is 11.5. The Hall–Kier alpha value is -2.36. The van der Waals surface area contributed by atoms with Crippen LogP contribution in [0.2, 0.25) is 0 Å². The molecule has 9 heteroatoms. The van der Waals surface area contributed by atoms with Gasteiger partial charge in [-0.3, -0.25) is 0 Å². The molecule has 1 aromatic heterocycles. The monoisotopic (exact) mass is 392 g/mol. The van der Waals surface area contributed by atoms with E-state index in [4.69, 9.17) is 5.14 Å². The summed E-state index contributed by atoms with van der Waals surface area (Å²) in [6, 6.07) is 12.7. The molecule has 0 aliphatic carbocycles. The average molecular weight is 392 g/mol. The van der Waals surface area contributed by atoms with E-state index in [-0.39, 0.29) is 10.7 Å². The quantitative estimate of drug-likeness (QED) is 0.644. The van der Waals surface area contributed by atoms with Gasteiger partial charge < -0.3 is 5.32 Å². The average Bonchev–Trinajstić information content (AvgIpc) is 3.04. The summed E-state index contributed by atoms with van der Waals surface area (Å²) in [4.78, 5) is 4.51. The van der Waals surface area contributed by atoms with Crippen molar-refractivity contribution in [3.63, 3.8) is 0 Å². The van der Waals surface area contributed by atoms with E-state index in [2.05, 4.69) is 14.7 Å². The molecule has 0 atom stereocenters. The summed E-state index contributed by atoms with van der Waals surface area (Å²) in [6.45, 7) is 0.639. The molecular formula is C17H17FN4O2S2. The first kappa shape index (κ1) is 18.4. The third-order valence-electron chi connectivity index (χ3n) is 3.69. The molecule has 0 radical (unpaired) electrons. The van der Waals surface area contributed by atoms with Crippen LogP contribution < -0.4 is 10.5 Å². The maximum absolute atomic E-state index is 12.9. The molecule has 3 rings (SSSR count). The molecule has 0 fully saturated rings. The standard InChI is InChI=1S/C17H17FN4O2S2/c18-14-5-1-13(2-6-14)11-16-21-17(25-22-16)20-10-9-12-3-7-15(8-4-12)26(19,23)24/h1-8H,9-11H2,(H2,19,23,24)(H,20,21,22). The topological polar surface area (TPSA) is 98.0 Å². The number of rotatable bonds is 7. The van der Waals surface area contributed by atoms with Crippen LogP contribution in [0, 0.1) is 5.82 Å². The molecule has 1 heterocycles. The van der Waals surface area contributed by atoms with Crippen molar-refractivity contribution in [1.29, 1.82) is 0 Å². The number of sulfonamides is 1. The highest BCUT2D eigenvalue weighted by Gasteiger charge is 2.07. The van der Waals surface area contributed by atoms with E-state index in [1.54, 1.807) is 24.3 Å². The van der Waals surface area contributed by atoms with E-state index in [9.17, 15) is 12.8 Å². The van der Waals surface area contributed by atoms with Gasteiger partial charge >= 0.3 is 0 Å². The molecule has 3 N–H and O–H groups in total. The molecule has 3 aromatic rings. The lowest BCUT2D eigenvalue weighted by Crippen LogP contribution is -2.12. The van der Waals surface area contributed by atoms with Crippen molar-refractivity contribution in [2.45, 2.75) is 17.7 Å². The largest absolute Gasteiger partial charge is 0.360 e. The van der Waals surface area contributed by atoms with Gasteiger partial charge in [0.2, 0.25) is 15.2 Å². The van der Waals surface area contributed by atoms with E-state index in [1.165, 1.54) is 35.8 Å². The van der Waals surface area contributed by atoms with Gasteiger partial charge in [0, 0.05) is 24.5 Å². The lowest BCUT2D eigenvalue weighted by molar-refractivity contribution is 0.597. The van der Waals surface area contributed by atoms with Gasteiger partial charge in [-0.2, -0.15) is 4.37 Å². The zero-order valence-electron chi connectivity index (χ0n) is 13.7. The third kappa shape index (κ3) is 5.07. The third-order valence-corrected chi connectivity index (χ3v) is 5.33. The molecular weight excluding hydrogens is 375 g/mol. The number of nitrogens with two attached hydrogens (primary N) is 1. The van der Waals surface area contributed by atoms with Crippen LogP contribution in [0.4, 0.5) is 9.52 Å². The van der Waals surface area contributed by atoms with Crippen LogP contribution in [0.1, 0.15) is 17.0 Å². The lowest BCUT2D eigenvalue weighted by Gasteiger charge is -2.04. The molecule has 2 aromatic carbocycles. The summed E-state index contributed by atoms with van der Waals surface area (Å²) < 4.78 is 39.7. The molecule has 0 amide bonds. The summed E-state index contributed by atoms with van der Waals surface area (Å²) in [7, 11) is -3.66. The maximum Gasteiger partial charge on any atom is 0.238 e. The first-order chi connectivity index (χ1) is 12.4. The Morgan fingerprint density at radius 1 is 1.04 bits per heavy atom. The molecule has 6 nitrogen and oxygen atoms in total. The summed E-state index contributed by atoms with van der Waals surface area (Å²) in [5.74, 6) is 0.418. The van der Waals surface area contributed by atoms with Crippen LogP contribution >= 0.6 is 11.5 Å². The number of hydrogen-bond acceptors (Lipinski definition) is 6. The van der Waals surface area contributed by atoms with Gasteiger partial charge in [-0.05, 0) is 41.8 Å². The van der Waals surface area contributed by atoms with Gasteiger partial charge in [0.05, 0.1) is 4.90 Å². The fraction of sp³-hybridized carbons (Fsp3) is 0.176. The zero-order chi connectivity index (χ0) is 18.6. The van der Waals surface area contributed by atoms with Crippen molar-refractivity contribution in [3.05, 3.63) is 71.3 Å².